The monoisotopic (exact) mass is 422 g/mol. The highest BCUT2D eigenvalue weighted by Crippen LogP contribution is 2.38. The highest BCUT2D eigenvalue weighted by Gasteiger charge is 2.36. The third-order valence-electron chi connectivity index (χ3n) is 5.33. The Morgan fingerprint density at radius 2 is 2.00 bits per heavy atom. The van der Waals surface area contributed by atoms with Gasteiger partial charge in [0.1, 0.15) is 5.69 Å². The molecule has 3 aromatic heterocycles. The summed E-state index contributed by atoms with van der Waals surface area (Å²) in [5.74, 6) is -0.0827. The zero-order valence-corrected chi connectivity index (χ0v) is 16.9. The number of likely N-dealkylation sites (tertiary alicyclic amines) is 1. The van der Waals surface area contributed by atoms with Crippen LogP contribution in [0.5, 0.6) is 0 Å². The van der Waals surface area contributed by atoms with Crippen LogP contribution in [0.1, 0.15) is 59.6 Å². The van der Waals surface area contributed by atoms with Crippen molar-refractivity contribution in [3.63, 3.8) is 0 Å². The SMILES string of the molecule is CC(C)n1ncc2c(C3CCN(C(=O)c4cccs4)CC3)cc(C(F)(F)F)nc21. The van der Waals surface area contributed by atoms with Gasteiger partial charge in [0.05, 0.1) is 11.1 Å². The van der Waals surface area contributed by atoms with Gasteiger partial charge in [-0.2, -0.15) is 18.3 Å². The van der Waals surface area contributed by atoms with Crippen LogP contribution in [0, 0.1) is 0 Å². The number of thiophene rings is 1. The van der Waals surface area contributed by atoms with Crippen LogP contribution in [0.2, 0.25) is 0 Å². The summed E-state index contributed by atoms with van der Waals surface area (Å²) in [4.78, 5) is 18.9. The molecule has 0 radical (unpaired) electrons. The number of amides is 1. The second-order valence-electron chi connectivity index (χ2n) is 7.56. The van der Waals surface area contributed by atoms with Crippen molar-refractivity contribution in [3.05, 3.63) is 45.9 Å². The van der Waals surface area contributed by atoms with Gasteiger partial charge in [0.15, 0.2) is 5.65 Å². The first-order chi connectivity index (χ1) is 13.8. The first-order valence-electron chi connectivity index (χ1n) is 9.54. The van der Waals surface area contributed by atoms with E-state index in [0.29, 0.717) is 41.8 Å². The Labute approximate surface area is 170 Å². The minimum atomic E-state index is -4.52. The fraction of sp³-hybridized carbons (Fsp3) is 0.450. The van der Waals surface area contributed by atoms with Gasteiger partial charge in [0, 0.05) is 24.5 Å². The van der Waals surface area contributed by atoms with Gasteiger partial charge in [-0.1, -0.05) is 6.07 Å². The maximum atomic E-state index is 13.5. The molecule has 0 saturated carbocycles. The van der Waals surface area contributed by atoms with Crippen molar-refractivity contribution in [1.29, 1.82) is 0 Å². The van der Waals surface area contributed by atoms with Gasteiger partial charge in [0.2, 0.25) is 0 Å². The maximum absolute atomic E-state index is 13.5. The van der Waals surface area contributed by atoms with Gasteiger partial charge in [-0.3, -0.25) is 4.79 Å². The van der Waals surface area contributed by atoms with Crippen molar-refractivity contribution in [2.24, 2.45) is 0 Å². The van der Waals surface area contributed by atoms with Crippen molar-refractivity contribution in [2.45, 2.75) is 44.8 Å². The molecule has 1 aliphatic rings. The van der Waals surface area contributed by atoms with E-state index >= 15 is 0 Å². The number of carbonyl (C=O) groups excluding carboxylic acids is 1. The van der Waals surface area contributed by atoms with Crippen molar-refractivity contribution >= 4 is 28.3 Å². The van der Waals surface area contributed by atoms with Gasteiger partial charge in [-0.15, -0.1) is 11.3 Å². The largest absolute Gasteiger partial charge is 0.433 e. The van der Waals surface area contributed by atoms with E-state index in [0.717, 1.165) is 6.07 Å². The summed E-state index contributed by atoms with van der Waals surface area (Å²) in [6.45, 7) is 4.77. The molecule has 154 valence electrons. The van der Waals surface area contributed by atoms with E-state index in [1.807, 2.05) is 25.3 Å². The number of fused-ring (bicyclic) bond motifs is 1. The zero-order valence-electron chi connectivity index (χ0n) is 16.1. The van der Waals surface area contributed by atoms with Gasteiger partial charge in [0.25, 0.3) is 5.91 Å². The topological polar surface area (TPSA) is 51.0 Å². The zero-order chi connectivity index (χ0) is 20.8. The number of nitrogens with zero attached hydrogens (tertiary/aromatic N) is 4. The molecule has 3 aromatic rings. The molecule has 1 fully saturated rings. The number of piperidine rings is 1. The number of halogens is 3. The molecule has 0 aliphatic carbocycles. The van der Waals surface area contributed by atoms with Crippen molar-refractivity contribution in [1.82, 2.24) is 19.7 Å². The van der Waals surface area contributed by atoms with Crippen molar-refractivity contribution < 1.29 is 18.0 Å². The number of hydrogen-bond acceptors (Lipinski definition) is 4. The van der Waals surface area contributed by atoms with Crippen LogP contribution in [0.3, 0.4) is 0 Å². The molecule has 0 unspecified atom stereocenters. The number of hydrogen-bond donors (Lipinski definition) is 0. The summed E-state index contributed by atoms with van der Waals surface area (Å²) in [5, 5.41) is 6.80. The Hall–Kier alpha value is -2.42. The number of pyridine rings is 1. The predicted molar refractivity (Wildman–Crippen MR) is 105 cm³/mol. The number of carbonyl (C=O) groups is 1. The van der Waals surface area contributed by atoms with Crippen LogP contribution in [0.15, 0.2) is 29.8 Å². The molecule has 29 heavy (non-hydrogen) atoms. The first-order valence-corrected chi connectivity index (χ1v) is 10.4. The fourth-order valence-corrected chi connectivity index (χ4v) is 4.54. The van der Waals surface area contributed by atoms with E-state index in [9.17, 15) is 18.0 Å². The summed E-state index contributed by atoms with van der Waals surface area (Å²) in [6, 6.07) is 4.70. The smallest absolute Gasteiger partial charge is 0.338 e. The third-order valence-corrected chi connectivity index (χ3v) is 6.19. The molecular weight excluding hydrogens is 401 g/mol. The Morgan fingerprint density at radius 1 is 1.28 bits per heavy atom. The number of rotatable bonds is 3. The van der Waals surface area contributed by atoms with E-state index in [1.165, 1.54) is 16.0 Å². The molecule has 0 spiro atoms. The van der Waals surface area contributed by atoms with Gasteiger partial charge >= 0.3 is 6.18 Å². The first kappa shape index (κ1) is 19.9. The van der Waals surface area contributed by atoms with E-state index in [-0.39, 0.29) is 23.5 Å². The summed E-state index contributed by atoms with van der Waals surface area (Å²) in [7, 11) is 0. The fourth-order valence-electron chi connectivity index (χ4n) is 3.85. The van der Waals surface area contributed by atoms with E-state index in [4.69, 9.17) is 0 Å². The lowest BCUT2D eigenvalue weighted by Crippen LogP contribution is -2.37. The van der Waals surface area contributed by atoms with Crippen molar-refractivity contribution in [3.8, 4) is 0 Å². The molecule has 5 nitrogen and oxygen atoms in total. The summed E-state index contributed by atoms with van der Waals surface area (Å²) in [5.41, 5.74) is -0.00106. The Morgan fingerprint density at radius 3 is 2.59 bits per heavy atom. The molecule has 1 amide bonds. The highest BCUT2D eigenvalue weighted by atomic mass is 32.1. The summed E-state index contributed by atoms with van der Waals surface area (Å²) < 4.78 is 42.0. The molecular formula is C20H21F3N4OS. The quantitative estimate of drug-likeness (QED) is 0.589. The van der Waals surface area contributed by atoms with Crippen LogP contribution in [-0.4, -0.2) is 38.7 Å². The normalized spacial score (nSPS) is 16.1. The van der Waals surface area contributed by atoms with Gasteiger partial charge in [-0.05, 0) is 55.7 Å². The average molecular weight is 422 g/mol. The van der Waals surface area contributed by atoms with Gasteiger partial charge in [-0.25, -0.2) is 9.67 Å². The molecule has 1 aliphatic heterocycles. The molecule has 1 saturated heterocycles. The molecule has 9 heteroatoms. The van der Waals surface area contributed by atoms with E-state index in [1.54, 1.807) is 17.2 Å². The lowest BCUT2D eigenvalue weighted by Gasteiger charge is -2.32. The average Bonchev–Trinajstić information content (AvgIpc) is 3.36. The Bertz CT molecular complexity index is 1020. The highest BCUT2D eigenvalue weighted by molar-refractivity contribution is 7.12. The minimum Gasteiger partial charge on any atom is -0.338 e. The van der Waals surface area contributed by atoms with E-state index in [2.05, 4.69) is 10.1 Å². The second kappa shape index (κ2) is 7.44. The predicted octanol–water partition coefficient (Wildman–Crippen LogP) is 5.11. The third kappa shape index (κ3) is 3.75. The summed E-state index contributed by atoms with van der Waals surface area (Å²) in [6.07, 6.45) is -1.69. The molecule has 4 heterocycles. The molecule has 0 atom stereocenters. The standard InChI is InChI=1S/C20H21F3N4OS/c1-12(2)27-18-15(11-24-27)14(10-17(25-18)20(21,22)23)13-5-7-26(8-6-13)19(28)16-4-3-9-29-16/h3-4,9-13H,5-8H2,1-2H3. The maximum Gasteiger partial charge on any atom is 0.433 e. The molecule has 0 bridgehead atoms. The number of alkyl halides is 3. The van der Waals surface area contributed by atoms with Crippen LogP contribution >= 0.6 is 11.3 Å². The Balaban J connectivity index is 1.65. The van der Waals surface area contributed by atoms with E-state index < -0.39 is 11.9 Å². The van der Waals surface area contributed by atoms with Crippen molar-refractivity contribution in [2.75, 3.05) is 13.1 Å². The summed E-state index contributed by atoms with van der Waals surface area (Å²) >= 11 is 1.40. The minimum absolute atomic E-state index is 0.0121. The van der Waals surface area contributed by atoms with Crippen LogP contribution in [0.25, 0.3) is 11.0 Å². The second-order valence-corrected chi connectivity index (χ2v) is 8.51. The lowest BCUT2D eigenvalue weighted by molar-refractivity contribution is -0.141. The molecule has 4 rings (SSSR count). The Kier molecular flexibility index (Phi) is 5.10. The van der Waals surface area contributed by atoms with Crippen LogP contribution in [0.4, 0.5) is 13.2 Å². The number of aromatic nitrogens is 3. The van der Waals surface area contributed by atoms with Crippen LogP contribution in [-0.2, 0) is 6.18 Å². The lowest BCUT2D eigenvalue weighted by atomic mass is 9.87. The molecule has 0 N–H and O–H groups in total. The van der Waals surface area contributed by atoms with Gasteiger partial charge < -0.3 is 4.90 Å². The molecule has 0 aromatic carbocycles. The van der Waals surface area contributed by atoms with Crippen LogP contribution < -0.4 is 0 Å².